The molecule has 0 N–H and O–H groups in total. The number of benzene rings is 2. The van der Waals surface area contributed by atoms with E-state index in [0.717, 1.165) is 22.7 Å². The zero-order valence-corrected chi connectivity index (χ0v) is 17.0. The number of rotatable bonds is 4. The number of hydrogen-bond donors (Lipinski definition) is 0. The second-order valence-electron chi connectivity index (χ2n) is 6.95. The molecule has 148 valence electrons. The summed E-state index contributed by atoms with van der Waals surface area (Å²) in [4.78, 5) is 28.2. The van der Waals surface area contributed by atoms with Crippen LogP contribution in [0.5, 0.6) is 0 Å². The second kappa shape index (κ2) is 8.57. The summed E-state index contributed by atoms with van der Waals surface area (Å²) in [5.41, 5.74) is 2.17. The number of carbonyl (C=O) groups excluding carboxylic acids is 2. The maximum absolute atomic E-state index is 12.8. The minimum atomic E-state index is -0.502. The lowest BCUT2D eigenvalue weighted by Gasteiger charge is -2.22. The van der Waals surface area contributed by atoms with E-state index < -0.39 is 5.97 Å². The molecule has 6 heteroatoms. The summed E-state index contributed by atoms with van der Waals surface area (Å²) in [7, 11) is 0. The first-order valence-electron chi connectivity index (χ1n) is 9.58. The highest BCUT2D eigenvalue weighted by molar-refractivity contribution is 8.00. The molecule has 1 atom stereocenters. The van der Waals surface area contributed by atoms with Crippen LogP contribution in [0.1, 0.15) is 23.7 Å². The molecular weight excluding hydrogens is 384 g/mol. The summed E-state index contributed by atoms with van der Waals surface area (Å²) in [5, 5.41) is 0.424. The van der Waals surface area contributed by atoms with Crippen molar-refractivity contribution in [2.75, 3.05) is 18.1 Å². The Kier molecular flexibility index (Phi) is 5.71. The first kappa shape index (κ1) is 19.3. The van der Waals surface area contributed by atoms with Gasteiger partial charge in [0.25, 0.3) is 5.91 Å². The van der Waals surface area contributed by atoms with Crippen molar-refractivity contribution in [3.05, 3.63) is 78.6 Å². The van der Waals surface area contributed by atoms with Crippen molar-refractivity contribution >= 4 is 29.3 Å². The Morgan fingerprint density at radius 1 is 1.07 bits per heavy atom. The van der Waals surface area contributed by atoms with Crippen molar-refractivity contribution in [3.63, 3.8) is 0 Å². The van der Waals surface area contributed by atoms with Gasteiger partial charge >= 0.3 is 5.97 Å². The first-order chi connectivity index (χ1) is 14.1. The topological polar surface area (TPSA) is 51.5 Å². The van der Waals surface area contributed by atoms with Gasteiger partial charge in [0.15, 0.2) is 6.61 Å². The number of nitrogens with zero attached hydrogens (tertiary/aromatic N) is 2. The number of fused-ring (bicyclic) bond motifs is 1. The van der Waals surface area contributed by atoms with Gasteiger partial charge in [0.2, 0.25) is 0 Å². The molecule has 1 aliphatic heterocycles. The third-order valence-electron chi connectivity index (χ3n) is 4.86. The monoisotopic (exact) mass is 406 g/mol. The van der Waals surface area contributed by atoms with E-state index in [1.54, 1.807) is 34.9 Å². The quantitative estimate of drug-likeness (QED) is 0.597. The van der Waals surface area contributed by atoms with Gasteiger partial charge in [-0.15, -0.1) is 11.8 Å². The Balaban J connectivity index is 1.45. The molecule has 0 spiro atoms. The number of hydrogen-bond acceptors (Lipinski definition) is 4. The van der Waals surface area contributed by atoms with Crippen LogP contribution in [0.25, 0.3) is 5.69 Å². The summed E-state index contributed by atoms with van der Waals surface area (Å²) in [6, 6.07) is 18.9. The highest BCUT2D eigenvalue weighted by Gasteiger charge is 2.25. The standard InChI is InChI=1S/C23H22N2O3S/c1-17-11-14-25(20-9-2-3-10-21(20)29-17)22(26)16-28-23(27)18-7-6-8-19(15-18)24-12-4-5-13-24/h2-10,12-13,15,17H,11,14,16H2,1H3. The van der Waals surface area contributed by atoms with Crippen molar-refractivity contribution in [2.24, 2.45) is 0 Å². The Bertz CT molecular complexity index is 1020. The molecule has 0 bridgehead atoms. The van der Waals surface area contributed by atoms with Gasteiger partial charge in [-0.25, -0.2) is 4.79 Å². The summed E-state index contributed by atoms with van der Waals surface area (Å²) in [6.07, 6.45) is 4.70. The van der Waals surface area contributed by atoms with Crippen LogP contribution in [0, 0.1) is 0 Å². The number of carbonyl (C=O) groups is 2. The van der Waals surface area contributed by atoms with Crippen LogP contribution < -0.4 is 4.90 Å². The lowest BCUT2D eigenvalue weighted by molar-refractivity contribution is -0.121. The molecule has 1 unspecified atom stereocenters. The van der Waals surface area contributed by atoms with Crippen molar-refractivity contribution in [1.29, 1.82) is 0 Å². The number of amides is 1. The molecule has 4 rings (SSSR count). The average Bonchev–Trinajstić information content (AvgIpc) is 3.22. The predicted octanol–water partition coefficient (Wildman–Crippen LogP) is 4.55. The van der Waals surface area contributed by atoms with Crippen LogP contribution in [0.2, 0.25) is 0 Å². The highest BCUT2D eigenvalue weighted by Crippen LogP contribution is 2.37. The van der Waals surface area contributed by atoms with E-state index >= 15 is 0 Å². The van der Waals surface area contributed by atoms with Crippen molar-refractivity contribution in [1.82, 2.24) is 4.57 Å². The summed E-state index contributed by atoms with van der Waals surface area (Å²) >= 11 is 1.77. The highest BCUT2D eigenvalue weighted by atomic mass is 32.2. The van der Waals surface area contributed by atoms with Gasteiger partial charge in [-0.3, -0.25) is 4.79 Å². The third-order valence-corrected chi connectivity index (χ3v) is 6.09. The van der Waals surface area contributed by atoms with Gasteiger partial charge in [-0.05, 0) is 48.9 Å². The third kappa shape index (κ3) is 4.38. The molecule has 0 aliphatic carbocycles. The lowest BCUT2D eigenvalue weighted by atomic mass is 10.2. The van der Waals surface area contributed by atoms with Crippen LogP contribution >= 0.6 is 11.8 Å². The number of para-hydroxylation sites is 1. The molecular formula is C23H22N2O3S. The normalized spacial score (nSPS) is 16.0. The van der Waals surface area contributed by atoms with Crippen molar-refractivity contribution < 1.29 is 14.3 Å². The largest absolute Gasteiger partial charge is 0.452 e. The van der Waals surface area contributed by atoms with Crippen LogP contribution in [0.4, 0.5) is 5.69 Å². The van der Waals surface area contributed by atoms with E-state index in [9.17, 15) is 9.59 Å². The Labute approximate surface area is 174 Å². The molecule has 2 heterocycles. The maximum atomic E-state index is 12.8. The molecule has 1 amide bonds. The minimum absolute atomic E-state index is 0.206. The van der Waals surface area contributed by atoms with Crippen LogP contribution in [0.3, 0.4) is 0 Å². The predicted molar refractivity (Wildman–Crippen MR) is 115 cm³/mol. The van der Waals surface area contributed by atoms with Crippen LogP contribution in [-0.4, -0.2) is 34.8 Å². The Morgan fingerprint density at radius 2 is 1.86 bits per heavy atom. The fourth-order valence-electron chi connectivity index (χ4n) is 3.33. The Hall–Kier alpha value is -2.99. The molecule has 3 aromatic rings. The van der Waals surface area contributed by atoms with Gasteiger partial charge in [0.1, 0.15) is 0 Å². The second-order valence-corrected chi connectivity index (χ2v) is 8.43. The van der Waals surface area contributed by atoms with Gasteiger partial charge in [-0.1, -0.05) is 25.1 Å². The van der Waals surface area contributed by atoms with Gasteiger partial charge in [0, 0.05) is 34.8 Å². The minimum Gasteiger partial charge on any atom is -0.452 e. The number of aromatic nitrogens is 1. The van der Waals surface area contributed by atoms with Crippen molar-refractivity contribution in [3.8, 4) is 5.69 Å². The number of anilines is 1. The van der Waals surface area contributed by atoms with E-state index in [1.165, 1.54) is 0 Å². The molecule has 0 saturated carbocycles. The zero-order valence-electron chi connectivity index (χ0n) is 16.2. The molecule has 5 nitrogen and oxygen atoms in total. The lowest BCUT2D eigenvalue weighted by Crippen LogP contribution is -2.35. The molecule has 1 aromatic heterocycles. The SMILES string of the molecule is CC1CCN(C(=O)COC(=O)c2cccc(-n3cccc3)c2)c2ccccc2S1. The van der Waals surface area contributed by atoms with E-state index in [0.29, 0.717) is 17.4 Å². The first-order valence-corrected chi connectivity index (χ1v) is 10.5. The summed E-state index contributed by atoms with van der Waals surface area (Å²) in [6.45, 7) is 2.50. The molecule has 0 fully saturated rings. The molecule has 2 aromatic carbocycles. The number of esters is 1. The number of ether oxygens (including phenoxy) is 1. The van der Waals surface area contributed by atoms with Crippen molar-refractivity contribution in [2.45, 2.75) is 23.5 Å². The fraction of sp³-hybridized carbons (Fsp3) is 0.217. The van der Waals surface area contributed by atoms with E-state index in [-0.39, 0.29) is 12.5 Å². The Morgan fingerprint density at radius 3 is 2.69 bits per heavy atom. The van der Waals surface area contributed by atoms with Gasteiger partial charge in [0.05, 0.1) is 11.3 Å². The maximum Gasteiger partial charge on any atom is 0.338 e. The smallest absolute Gasteiger partial charge is 0.338 e. The van der Waals surface area contributed by atoms with E-state index in [4.69, 9.17) is 4.74 Å². The molecule has 29 heavy (non-hydrogen) atoms. The summed E-state index contributed by atoms with van der Waals surface area (Å²) in [5.74, 6) is -0.708. The van der Waals surface area contributed by atoms with Gasteiger partial charge < -0.3 is 14.2 Å². The van der Waals surface area contributed by atoms with E-state index in [2.05, 4.69) is 6.92 Å². The zero-order chi connectivity index (χ0) is 20.2. The van der Waals surface area contributed by atoms with Crippen LogP contribution in [0.15, 0.2) is 78.0 Å². The summed E-state index contributed by atoms with van der Waals surface area (Å²) < 4.78 is 7.26. The van der Waals surface area contributed by atoms with Gasteiger partial charge in [-0.2, -0.15) is 0 Å². The van der Waals surface area contributed by atoms with E-state index in [1.807, 2.05) is 59.4 Å². The van der Waals surface area contributed by atoms with Crippen LogP contribution in [-0.2, 0) is 9.53 Å². The number of thioether (sulfide) groups is 1. The molecule has 0 radical (unpaired) electrons. The fourth-order valence-corrected chi connectivity index (χ4v) is 4.45. The average molecular weight is 407 g/mol. The molecule has 0 saturated heterocycles. The molecule has 1 aliphatic rings.